The van der Waals surface area contributed by atoms with Gasteiger partial charge in [0, 0.05) is 18.0 Å². The monoisotopic (exact) mass is 272 g/mol. The minimum atomic E-state index is -0.331. The van der Waals surface area contributed by atoms with Gasteiger partial charge in [0.25, 0.3) is 0 Å². The molecule has 1 aliphatic carbocycles. The number of nitrogens with zero attached hydrogens (tertiary/aromatic N) is 2. The number of halogens is 1. The van der Waals surface area contributed by atoms with Gasteiger partial charge >= 0.3 is 0 Å². The number of carbonyl (C=O) groups excluding carboxylic acids is 1. The first-order chi connectivity index (χ1) is 9.59. The van der Waals surface area contributed by atoms with Gasteiger partial charge in [-0.05, 0) is 38.8 Å². The summed E-state index contributed by atoms with van der Waals surface area (Å²) in [7, 11) is 0. The van der Waals surface area contributed by atoms with Crippen LogP contribution in [0, 0.1) is 5.82 Å². The van der Waals surface area contributed by atoms with E-state index < -0.39 is 0 Å². The standard InChI is InChI=1S/C16H17FN2O/c1-10(2)19-13-8-5-9-14(20)15(13)16(18-19)11-6-3-4-7-12(11)17/h3-4,6-7,10H,5,8-9H2,1-2H3. The number of rotatable bonds is 2. The molecule has 0 saturated carbocycles. The second-order valence-electron chi connectivity index (χ2n) is 5.47. The molecule has 0 spiro atoms. The molecule has 1 heterocycles. The van der Waals surface area contributed by atoms with Crippen molar-refractivity contribution in [3.05, 3.63) is 41.3 Å². The van der Waals surface area contributed by atoms with Crippen LogP contribution in [0.25, 0.3) is 11.3 Å². The zero-order valence-electron chi connectivity index (χ0n) is 11.7. The van der Waals surface area contributed by atoms with Crippen molar-refractivity contribution in [1.29, 1.82) is 0 Å². The number of carbonyl (C=O) groups is 1. The number of hydrogen-bond donors (Lipinski definition) is 0. The summed E-state index contributed by atoms with van der Waals surface area (Å²) in [6.45, 7) is 4.05. The number of benzene rings is 1. The summed E-state index contributed by atoms with van der Waals surface area (Å²) in [5, 5.41) is 4.53. The van der Waals surface area contributed by atoms with Crippen LogP contribution >= 0.6 is 0 Å². The molecule has 3 rings (SSSR count). The Morgan fingerprint density at radius 2 is 2.00 bits per heavy atom. The fourth-order valence-electron chi connectivity index (χ4n) is 2.81. The third-order valence-corrected chi connectivity index (χ3v) is 3.72. The molecule has 3 nitrogen and oxygen atoms in total. The fraction of sp³-hybridized carbons (Fsp3) is 0.375. The lowest BCUT2D eigenvalue weighted by Gasteiger charge is -2.15. The minimum absolute atomic E-state index is 0.0800. The molecule has 104 valence electrons. The molecule has 0 saturated heterocycles. The number of hydrogen-bond acceptors (Lipinski definition) is 2. The van der Waals surface area contributed by atoms with Crippen LogP contribution in [0.3, 0.4) is 0 Å². The van der Waals surface area contributed by atoms with Gasteiger partial charge < -0.3 is 0 Å². The van der Waals surface area contributed by atoms with E-state index in [1.165, 1.54) is 6.07 Å². The van der Waals surface area contributed by atoms with Crippen LogP contribution in [0.5, 0.6) is 0 Å². The lowest BCUT2D eigenvalue weighted by atomic mass is 9.92. The lowest BCUT2D eigenvalue weighted by molar-refractivity contribution is 0.0972. The van der Waals surface area contributed by atoms with Gasteiger partial charge in [0.15, 0.2) is 5.78 Å². The van der Waals surface area contributed by atoms with Gasteiger partial charge in [0.05, 0.1) is 11.3 Å². The molecule has 0 unspecified atom stereocenters. The van der Waals surface area contributed by atoms with Crippen molar-refractivity contribution < 1.29 is 9.18 Å². The fourth-order valence-corrected chi connectivity index (χ4v) is 2.81. The SMILES string of the molecule is CC(C)n1nc(-c2ccccc2F)c2c1CCCC2=O. The molecule has 20 heavy (non-hydrogen) atoms. The van der Waals surface area contributed by atoms with Gasteiger partial charge in [0.1, 0.15) is 11.5 Å². The van der Waals surface area contributed by atoms with E-state index in [0.717, 1.165) is 18.5 Å². The molecule has 0 radical (unpaired) electrons. The number of ketones is 1. The Morgan fingerprint density at radius 3 is 2.70 bits per heavy atom. The average Bonchev–Trinajstić information content (AvgIpc) is 2.80. The van der Waals surface area contributed by atoms with Crippen LogP contribution in [0.2, 0.25) is 0 Å². The molecule has 0 amide bonds. The Labute approximate surface area is 117 Å². The highest BCUT2D eigenvalue weighted by Crippen LogP contribution is 2.33. The van der Waals surface area contributed by atoms with E-state index in [4.69, 9.17) is 0 Å². The Balaban J connectivity index is 2.27. The maximum Gasteiger partial charge on any atom is 0.166 e. The molecule has 1 aliphatic rings. The van der Waals surface area contributed by atoms with E-state index in [1.807, 2.05) is 18.5 Å². The van der Waals surface area contributed by atoms with Crippen molar-refractivity contribution in [2.75, 3.05) is 0 Å². The van der Waals surface area contributed by atoms with Crippen molar-refractivity contribution >= 4 is 5.78 Å². The van der Waals surface area contributed by atoms with E-state index in [-0.39, 0.29) is 17.6 Å². The second kappa shape index (κ2) is 4.85. The van der Waals surface area contributed by atoms with Gasteiger partial charge in [-0.25, -0.2) is 4.39 Å². The number of aromatic nitrogens is 2. The highest BCUT2D eigenvalue weighted by Gasteiger charge is 2.29. The highest BCUT2D eigenvalue weighted by molar-refractivity contribution is 6.03. The molecule has 0 fully saturated rings. The average molecular weight is 272 g/mol. The molecule has 1 aromatic heterocycles. The first-order valence-corrected chi connectivity index (χ1v) is 6.99. The summed E-state index contributed by atoms with van der Waals surface area (Å²) in [5.74, 6) is -0.251. The molecule has 4 heteroatoms. The van der Waals surface area contributed by atoms with E-state index in [1.54, 1.807) is 18.2 Å². The first-order valence-electron chi connectivity index (χ1n) is 6.99. The molecule has 0 bridgehead atoms. The summed E-state index contributed by atoms with van der Waals surface area (Å²) >= 11 is 0. The summed E-state index contributed by atoms with van der Waals surface area (Å²) in [6.07, 6.45) is 2.21. The van der Waals surface area contributed by atoms with Crippen molar-refractivity contribution in [3.8, 4) is 11.3 Å². The molecular formula is C16H17FN2O. The third kappa shape index (κ3) is 1.96. The number of fused-ring (bicyclic) bond motifs is 1. The van der Waals surface area contributed by atoms with Gasteiger partial charge in [-0.3, -0.25) is 9.48 Å². The second-order valence-corrected chi connectivity index (χ2v) is 5.47. The molecule has 2 aromatic rings. The largest absolute Gasteiger partial charge is 0.294 e. The molecular weight excluding hydrogens is 255 g/mol. The van der Waals surface area contributed by atoms with Crippen LogP contribution in [0.4, 0.5) is 4.39 Å². The van der Waals surface area contributed by atoms with Crippen LogP contribution in [0.15, 0.2) is 24.3 Å². The van der Waals surface area contributed by atoms with Crippen molar-refractivity contribution in [2.24, 2.45) is 0 Å². The maximum atomic E-state index is 14.0. The first kappa shape index (κ1) is 13.0. The topological polar surface area (TPSA) is 34.9 Å². The van der Waals surface area contributed by atoms with Crippen molar-refractivity contribution in [2.45, 2.75) is 39.2 Å². The van der Waals surface area contributed by atoms with E-state index in [2.05, 4.69) is 5.10 Å². The van der Waals surface area contributed by atoms with Crippen molar-refractivity contribution in [1.82, 2.24) is 9.78 Å². The maximum absolute atomic E-state index is 14.0. The summed E-state index contributed by atoms with van der Waals surface area (Å²) in [5.41, 5.74) is 2.49. The zero-order valence-corrected chi connectivity index (χ0v) is 11.7. The molecule has 0 N–H and O–H groups in total. The van der Waals surface area contributed by atoms with E-state index in [9.17, 15) is 9.18 Å². The van der Waals surface area contributed by atoms with Crippen LogP contribution in [0.1, 0.15) is 48.8 Å². The number of Topliss-reactive ketones (excluding diaryl/α,β-unsaturated/α-hetero) is 1. The van der Waals surface area contributed by atoms with Crippen LogP contribution < -0.4 is 0 Å². The van der Waals surface area contributed by atoms with Gasteiger partial charge in [-0.15, -0.1) is 0 Å². The van der Waals surface area contributed by atoms with Gasteiger partial charge in [-0.1, -0.05) is 12.1 Å². The predicted octanol–water partition coefficient (Wildman–Crippen LogP) is 3.79. The van der Waals surface area contributed by atoms with E-state index in [0.29, 0.717) is 23.2 Å². The van der Waals surface area contributed by atoms with Crippen LogP contribution in [-0.2, 0) is 6.42 Å². The quantitative estimate of drug-likeness (QED) is 0.833. The van der Waals surface area contributed by atoms with Crippen LogP contribution in [-0.4, -0.2) is 15.6 Å². The smallest absolute Gasteiger partial charge is 0.166 e. The summed E-state index contributed by atoms with van der Waals surface area (Å²) in [4.78, 5) is 12.3. The molecule has 0 atom stereocenters. The Hall–Kier alpha value is -1.97. The molecule has 1 aromatic carbocycles. The lowest BCUT2D eigenvalue weighted by Crippen LogP contribution is -2.15. The Morgan fingerprint density at radius 1 is 1.25 bits per heavy atom. The normalized spacial score (nSPS) is 14.7. The predicted molar refractivity (Wildman–Crippen MR) is 75.3 cm³/mol. The zero-order chi connectivity index (χ0) is 14.3. The van der Waals surface area contributed by atoms with Gasteiger partial charge in [-0.2, -0.15) is 5.10 Å². The third-order valence-electron chi connectivity index (χ3n) is 3.72. The van der Waals surface area contributed by atoms with E-state index >= 15 is 0 Å². The van der Waals surface area contributed by atoms with Gasteiger partial charge in [0.2, 0.25) is 0 Å². The van der Waals surface area contributed by atoms with Crippen molar-refractivity contribution in [3.63, 3.8) is 0 Å². The minimum Gasteiger partial charge on any atom is -0.294 e. The summed E-state index contributed by atoms with van der Waals surface area (Å²) in [6, 6.07) is 6.67. The Kier molecular flexibility index (Phi) is 3.16. The highest BCUT2D eigenvalue weighted by atomic mass is 19.1. The summed E-state index contributed by atoms with van der Waals surface area (Å²) < 4.78 is 15.9. The molecule has 0 aliphatic heterocycles. The Bertz CT molecular complexity index is 673.